The molecule has 1 aromatic carbocycles. The van der Waals surface area contributed by atoms with Gasteiger partial charge in [-0.05, 0) is 18.6 Å². The number of rotatable bonds is 5. The molecule has 0 fully saturated rings. The molecule has 0 bridgehead atoms. The second-order valence-electron chi connectivity index (χ2n) is 4.69. The Hall–Kier alpha value is -1.36. The molecule has 4 nitrogen and oxygen atoms in total. The number of amides is 1. The van der Waals surface area contributed by atoms with Gasteiger partial charge in [0.05, 0.1) is 6.42 Å². The van der Waals surface area contributed by atoms with Crippen molar-refractivity contribution in [2.75, 3.05) is 13.6 Å². The van der Waals surface area contributed by atoms with Crippen LogP contribution in [0.15, 0.2) is 28.8 Å². The molecular weight excluding hydrogens is 308 g/mol. The minimum Gasteiger partial charge on any atom is -0.356 e. The third-order valence-electron chi connectivity index (χ3n) is 3.06. The Morgan fingerprint density at radius 1 is 1.47 bits per heavy atom. The molecule has 0 aliphatic rings. The van der Waals surface area contributed by atoms with Gasteiger partial charge in [0.25, 0.3) is 0 Å². The van der Waals surface area contributed by atoms with Gasteiger partial charge in [-0.2, -0.15) is 0 Å². The Kier molecular flexibility index (Phi) is 4.58. The third-order valence-corrected chi connectivity index (χ3v) is 3.52. The van der Waals surface area contributed by atoms with Crippen LogP contribution in [0.2, 0.25) is 0 Å². The number of carbonyl (C=O) groups is 1. The summed E-state index contributed by atoms with van der Waals surface area (Å²) in [6.07, 6.45) is 1.21. The maximum Gasteiger partial charge on any atom is 0.228 e. The lowest BCUT2D eigenvalue weighted by molar-refractivity contribution is -0.129. The fourth-order valence-corrected chi connectivity index (χ4v) is 2.04. The number of nitrogens with zero attached hydrogens (tertiary/aromatic N) is 2. The summed E-state index contributed by atoms with van der Waals surface area (Å²) in [5, 5.41) is 4.90. The van der Waals surface area contributed by atoms with Crippen molar-refractivity contribution in [2.24, 2.45) is 0 Å². The lowest BCUT2D eigenvalue weighted by Crippen LogP contribution is -2.30. The Morgan fingerprint density at radius 2 is 2.21 bits per heavy atom. The smallest absolute Gasteiger partial charge is 0.228 e. The molecule has 1 atom stereocenters. The lowest BCUT2D eigenvalue weighted by atomic mass is 10.1. The Balaban J connectivity index is 2.02. The van der Waals surface area contributed by atoms with Crippen molar-refractivity contribution in [3.05, 3.63) is 30.0 Å². The molecule has 0 N–H and O–H groups in total. The topological polar surface area (TPSA) is 46.3 Å². The molecular formula is C14H17BrN2O2. The number of aromatic nitrogens is 1. The van der Waals surface area contributed by atoms with Gasteiger partial charge in [0.1, 0.15) is 5.69 Å². The molecule has 2 rings (SSSR count). The van der Waals surface area contributed by atoms with Crippen molar-refractivity contribution >= 4 is 32.8 Å². The third kappa shape index (κ3) is 3.56. The minimum atomic E-state index is 0.0622. The van der Waals surface area contributed by atoms with Gasteiger partial charge in [-0.25, -0.2) is 0 Å². The molecule has 19 heavy (non-hydrogen) atoms. The summed E-state index contributed by atoms with van der Waals surface area (Å²) in [5.74, 6) is 0.0622. The highest BCUT2D eigenvalue weighted by Crippen LogP contribution is 2.18. The summed E-state index contributed by atoms with van der Waals surface area (Å²) in [4.78, 5) is 14.2. The number of carbonyl (C=O) groups excluding carboxylic acids is 1. The fourth-order valence-electron chi connectivity index (χ4n) is 1.84. The van der Waals surface area contributed by atoms with E-state index in [0.29, 0.717) is 10.5 Å². The van der Waals surface area contributed by atoms with Crippen molar-refractivity contribution in [1.29, 1.82) is 0 Å². The second kappa shape index (κ2) is 6.19. The SMILES string of the molecule is CC(Br)CCN(C)C(=O)Cc1noc2ccccc12. The Labute approximate surface area is 120 Å². The zero-order valence-electron chi connectivity index (χ0n) is 11.1. The van der Waals surface area contributed by atoms with Gasteiger partial charge in [-0.1, -0.05) is 40.1 Å². The number of likely N-dealkylation sites (N-methyl/N-ethyl adjacent to an activating group) is 1. The summed E-state index contributed by atoms with van der Waals surface area (Å²) < 4.78 is 5.20. The molecule has 1 unspecified atom stereocenters. The molecule has 1 aromatic heterocycles. The van der Waals surface area contributed by atoms with Crippen molar-refractivity contribution in [1.82, 2.24) is 10.1 Å². The standard InChI is InChI=1S/C14H17BrN2O2/c1-10(15)7-8-17(2)14(18)9-12-11-5-3-4-6-13(11)19-16-12/h3-6,10H,7-9H2,1-2H3. The molecule has 1 heterocycles. The van der Waals surface area contributed by atoms with Crippen LogP contribution < -0.4 is 0 Å². The van der Waals surface area contributed by atoms with E-state index in [1.54, 1.807) is 4.90 Å². The molecule has 0 spiro atoms. The van der Waals surface area contributed by atoms with Crippen LogP contribution in [0.1, 0.15) is 19.0 Å². The van der Waals surface area contributed by atoms with Crippen LogP contribution in [0.5, 0.6) is 0 Å². The summed E-state index contributed by atoms with van der Waals surface area (Å²) in [6.45, 7) is 2.81. The number of hydrogen-bond donors (Lipinski definition) is 0. The van der Waals surface area contributed by atoms with Gasteiger partial charge in [0.2, 0.25) is 5.91 Å². The molecule has 5 heteroatoms. The minimum absolute atomic E-state index is 0.0622. The molecule has 102 valence electrons. The number of hydrogen-bond acceptors (Lipinski definition) is 3. The lowest BCUT2D eigenvalue weighted by Gasteiger charge is -2.17. The first-order valence-corrected chi connectivity index (χ1v) is 7.21. The highest BCUT2D eigenvalue weighted by atomic mass is 79.9. The largest absolute Gasteiger partial charge is 0.356 e. The summed E-state index contributed by atoms with van der Waals surface area (Å²) in [7, 11) is 1.82. The van der Waals surface area contributed by atoms with E-state index >= 15 is 0 Å². The Bertz CT molecular complexity index is 565. The normalized spacial score (nSPS) is 12.6. The Morgan fingerprint density at radius 3 is 2.95 bits per heavy atom. The van der Waals surface area contributed by atoms with Gasteiger partial charge in [-0.3, -0.25) is 4.79 Å². The quantitative estimate of drug-likeness (QED) is 0.794. The van der Waals surface area contributed by atoms with E-state index in [2.05, 4.69) is 28.0 Å². The van der Waals surface area contributed by atoms with Crippen molar-refractivity contribution in [3.63, 3.8) is 0 Å². The van der Waals surface area contributed by atoms with Crippen LogP contribution in [0.3, 0.4) is 0 Å². The van der Waals surface area contributed by atoms with Crippen molar-refractivity contribution < 1.29 is 9.32 Å². The molecule has 1 amide bonds. The van der Waals surface area contributed by atoms with Crippen LogP contribution in [0.4, 0.5) is 0 Å². The van der Waals surface area contributed by atoms with Gasteiger partial charge in [-0.15, -0.1) is 0 Å². The predicted molar refractivity (Wildman–Crippen MR) is 78.4 cm³/mol. The zero-order chi connectivity index (χ0) is 13.8. The fraction of sp³-hybridized carbons (Fsp3) is 0.429. The van der Waals surface area contributed by atoms with E-state index in [0.717, 1.165) is 23.9 Å². The molecule has 0 aliphatic heterocycles. The number of fused-ring (bicyclic) bond motifs is 1. The van der Waals surface area contributed by atoms with E-state index in [9.17, 15) is 4.79 Å². The zero-order valence-corrected chi connectivity index (χ0v) is 12.7. The summed E-state index contributed by atoms with van der Waals surface area (Å²) in [5.41, 5.74) is 1.43. The van der Waals surface area contributed by atoms with E-state index in [1.165, 1.54) is 0 Å². The molecule has 0 aliphatic carbocycles. The molecule has 0 saturated heterocycles. The van der Waals surface area contributed by atoms with Gasteiger partial charge in [0, 0.05) is 23.8 Å². The summed E-state index contributed by atoms with van der Waals surface area (Å²) in [6, 6.07) is 7.59. The monoisotopic (exact) mass is 324 g/mol. The average molecular weight is 325 g/mol. The van der Waals surface area contributed by atoms with E-state index in [4.69, 9.17) is 4.52 Å². The average Bonchev–Trinajstić information content (AvgIpc) is 2.79. The molecule has 2 aromatic rings. The van der Waals surface area contributed by atoms with E-state index < -0.39 is 0 Å². The van der Waals surface area contributed by atoms with Gasteiger partial charge < -0.3 is 9.42 Å². The van der Waals surface area contributed by atoms with Gasteiger partial charge in [0.15, 0.2) is 5.58 Å². The highest BCUT2D eigenvalue weighted by Gasteiger charge is 2.15. The number of halogens is 1. The molecule has 0 saturated carbocycles. The van der Waals surface area contributed by atoms with Gasteiger partial charge >= 0.3 is 0 Å². The summed E-state index contributed by atoms with van der Waals surface area (Å²) >= 11 is 3.48. The van der Waals surface area contributed by atoms with Crippen LogP contribution >= 0.6 is 15.9 Å². The number of para-hydroxylation sites is 1. The van der Waals surface area contributed by atoms with E-state index in [-0.39, 0.29) is 12.3 Å². The van der Waals surface area contributed by atoms with E-state index in [1.807, 2.05) is 31.3 Å². The first-order valence-electron chi connectivity index (χ1n) is 6.29. The van der Waals surface area contributed by atoms with Crippen LogP contribution in [0.25, 0.3) is 11.0 Å². The first kappa shape index (κ1) is 14.1. The van der Waals surface area contributed by atoms with Crippen LogP contribution in [-0.4, -0.2) is 34.4 Å². The predicted octanol–water partition coefficient (Wildman–Crippen LogP) is 3.00. The number of benzene rings is 1. The van der Waals surface area contributed by atoms with Crippen molar-refractivity contribution in [3.8, 4) is 0 Å². The first-order chi connectivity index (χ1) is 9.08. The highest BCUT2D eigenvalue weighted by molar-refractivity contribution is 9.09. The maximum atomic E-state index is 12.1. The second-order valence-corrected chi connectivity index (χ2v) is 6.25. The van der Waals surface area contributed by atoms with Crippen molar-refractivity contribution in [2.45, 2.75) is 24.6 Å². The van der Waals surface area contributed by atoms with Crippen LogP contribution in [-0.2, 0) is 11.2 Å². The number of alkyl halides is 1. The molecule has 0 radical (unpaired) electrons. The van der Waals surface area contributed by atoms with Crippen LogP contribution in [0, 0.1) is 0 Å². The maximum absolute atomic E-state index is 12.1.